The predicted molar refractivity (Wildman–Crippen MR) is 78.0 cm³/mol. The third-order valence-electron chi connectivity index (χ3n) is 3.03. The first-order valence-corrected chi connectivity index (χ1v) is 7.90. The van der Waals surface area contributed by atoms with Gasteiger partial charge >= 0.3 is 0 Å². The number of rotatable bonds is 5. The minimum Gasteiger partial charge on any atom is -0.376 e. The molecule has 98 valence electrons. The zero-order valence-corrected chi connectivity index (χ0v) is 12.0. The topological polar surface area (TPSA) is 38.3 Å². The molecule has 1 N–H and O–H groups in total. The largest absolute Gasteiger partial charge is 0.376 e. The molecule has 1 aromatic heterocycles. The fraction of sp³-hybridized carbons (Fsp3) is 0.462. The Hall–Kier alpha value is -0.780. The van der Waals surface area contributed by atoms with E-state index in [4.69, 9.17) is 4.74 Å². The van der Waals surface area contributed by atoms with Crippen molar-refractivity contribution < 1.29 is 9.53 Å². The van der Waals surface area contributed by atoms with E-state index in [1.807, 2.05) is 35.4 Å². The molecule has 0 spiro atoms. The molecule has 18 heavy (non-hydrogen) atoms. The second-order valence-corrected chi connectivity index (χ2v) is 6.34. The van der Waals surface area contributed by atoms with Gasteiger partial charge in [0.2, 0.25) is 5.91 Å². The average molecular weight is 283 g/mol. The predicted octanol–water partition coefficient (Wildman–Crippen LogP) is 2.40. The van der Waals surface area contributed by atoms with Gasteiger partial charge in [0.1, 0.15) is 0 Å². The third kappa shape index (κ3) is 3.60. The Labute approximate surface area is 116 Å². The number of carbonyl (C=O) groups excluding carboxylic acids is 1. The maximum Gasteiger partial charge on any atom is 0.244 e. The molecule has 1 aliphatic rings. The summed E-state index contributed by atoms with van der Waals surface area (Å²) in [4.78, 5) is 12.8. The molecule has 0 aromatic carbocycles. The lowest BCUT2D eigenvalue weighted by Gasteiger charge is -2.26. The Balaban J connectivity index is 1.81. The Morgan fingerprint density at radius 1 is 1.67 bits per heavy atom. The van der Waals surface area contributed by atoms with Crippen molar-refractivity contribution in [2.45, 2.75) is 12.0 Å². The van der Waals surface area contributed by atoms with Crippen molar-refractivity contribution in [1.82, 2.24) is 5.32 Å². The number of nitrogens with one attached hydrogen (secondary N) is 1. The van der Waals surface area contributed by atoms with Crippen molar-refractivity contribution in [3.63, 3.8) is 0 Å². The molecule has 0 saturated carbocycles. The summed E-state index contributed by atoms with van der Waals surface area (Å²) in [5.41, 5.74) is -0.170. The minimum absolute atomic E-state index is 0.0586. The molecule has 1 atom stereocenters. The van der Waals surface area contributed by atoms with Crippen LogP contribution in [0.1, 0.15) is 11.3 Å². The van der Waals surface area contributed by atoms with Crippen LogP contribution in [-0.4, -0.2) is 36.7 Å². The SMILES string of the molecule is CO[C@]1(CNC(=O)/C=C/c2cccs2)CCSC1. The van der Waals surface area contributed by atoms with Gasteiger partial charge in [-0.05, 0) is 29.7 Å². The number of amides is 1. The van der Waals surface area contributed by atoms with E-state index < -0.39 is 0 Å². The number of hydrogen-bond donors (Lipinski definition) is 1. The summed E-state index contributed by atoms with van der Waals surface area (Å²) in [6.45, 7) is 0.587. The summed E-state index contributed by atoms with van der Waals surface area (Å²) in [5, 5.41) is 4.91. The average Bonchev–Trinajstić information content (AvgIpc) is 3.06. The minimum atomic E-state index is -0.170. The zero-order valence-electron chi connectivity index (χ0n) is 10.3. The van der Waals surface area contributed by atoms with Gasteiger partial charge in [0.15, 0.2) is 0 Å². The third-order valence-corrected chi connectivity index (χ3v) is 5.09. The van der Waals surface area contributed by atoms with Gasteiger partial charge in [0, 0.05) is 30.4 Å². The molecular weight excluding hydrogens is 266 g/mol. The van der Waals surface area contributed by atoms with Gasteiger partial charge < -0.3 is 10.1 Å². The number of ether oxygens (including phenoxy) is 1. The van der Waals surface area contributed by atoms with E-state index in [2.05, 4.69) is 5.32 Å². The van der Waals surface area contributed by atoms with E-state index >= 15 is 0 Å². The molecule has 1 saturated heterocycles. The Morgan fingerprint density at radius 3 is 3.17 bits per heavy atom. The molecule has 1 fully saturated rings. The van der Waals surface area contributed by atoms with E-state index in [0.717, 1.165) is 22.8 Å². The summed E-state index contributed by atoms with van der Waals surface area (Å²) in [6, 6.07) is 3.95. The smallest absolute Gasteiger partial charge is 0.244 e. The summed E-state index contributed by atoms with van der Waals surface area (Å²) < 4.78 is 5.54. The lowest BCUT2D eigenvalue weighted by atomic mass is 10.0. The number of hydrogen-bond acceptors (Lipinski definition) is 4. The number of methoxy groups -OCH3 is 1. The van der Waals surface area contributed by atoms with Crippen molar-refractivity contribution in [2.24, 2.45) is 0 Å². The maximum atomic E-state index is 11.7. The van der Waals surface area contributed by atoms with Crippen LogP contribution in [0.15, 0.2) is 23.6 Å². The van der Waals surface area contributed by atoms with Crippen LogP contribution in [0.25, 0.3) is 6.08 Å². The van der Waals surface area contributed by atoms with Gasteiger partial charge in [-0.2, -0.15) is 11.8 Å². The summed E-state index contributed by atoms with van der Waals surface area (Å²) in [7, 11) is 1.72. The van der Waals surface area contributed by atoms with Crippen molar-refractivity contribution in [3.05, 3.63) is 28.5 Å². The van der Waals surface area contributed by atoms with E-state index in [0.29, 0.717) is 6.54 Å². The Bertz CT molecular complexity index is 409. The van der Waals surface area contributed by atoms with Crippen LogP contribution in [0.4, 0.5) is 0 Å². The first kappa shape index (κ1) is 13.6. The van der Waals surface area contributed by atoms with Gasteiger partial charge in [-0.15, -0.1) is 11.3 Å². The first-order valence-electron chi connectivity index (χ1n) is 5.86. The van der Waals surface area contributed by atoms with Crippen LogP contribution >= 0.6 is 23.1 Å². The highest BCUT2D eigenvalue weighted by Gasteiger charge is 2.34. The molecule has 0 radical (unpaired) electrons. The fourth-order valence-corrected chi connectivity index (χ4v) is 3.83. The molecule has 1 amide bonds. The van der Waals surface area contributed by atoms with E-state index in [1.54, 1.807) is 24.5 Å². The highest BCUT2D eigenvalue weighted by atomic mass is 32.2. The number of carbonyl (C=O) groups is 1. The summed E-state index contributed by atoms with van der Waals surface area (Å²) in [6.07, 6.45) is 4.42. The maximum absolute atomic E-state index is 11.7. The van der Waals surface area contributed by atoms with Crippen LogP contribution in [0.5, 0.6) is 0 Å². The first-order chi connectivity index (χ1) is 8.74. The quantitative estimate of drug-likeness (QED) is 0.843. The van der Waals surface area contributed by atoms with E-state index in [9.17, 15) is 4.79 Å². The number of thioether (sulfide) groups is 1. The van der Waals surface area contributed by atoms with Gasteiger partial charge in [0.05, 0.1) is 5.60 Å². The fourth-order valence-electron chi connectivity index (χ4n) is 1.81. The van der Waals surface area contributed by atoms with Crippen molar-refractivity contribution in [1.29, 1.82) is 0 Å². The van der Waals surface area contributed by atoms with Gasteiger partial charge in [-0.3, -0.25) is 4.79 Å². The molecule has 0 unspecified atom stereocenters. The molecule has 0 bridgehead atoms. The molecule has 1 aliphatic heterocycles. The molecule has 2 heterocycles. The highest BCUT2D eigenvalue weighted by Crippen LogP contribution is 2.30. The lowest BCUT2D eigenvalue weighted by molar-refractivity contribution is -0.117. The molecule has 0 aliphatic carbocycles. The van der Waals surface area contributed by atoms with Gasteiger partial charge in [-0.1, -0.05) is 6.07 Å². The number of thiophene rings is 1. The lowest BCUT2D eigenvalue weighted by Crippen LogP contribution is -2.44. The zero-order chi connectivity index (χ0) is 12.8. The van der Waals surface area contributed by atoms with Crippen molar-refractivity contribution in [3.8, 4) is 0 Å². The monoisotopic (exact) mass is 283 g/mol. The second kappa shape index (κ2) is 6.41. The highest BCUT2D eigenvalue weighted by molar-refractivity contribution is 7.99. The van der Waals surface area contributed by atoms with Crippen LogP contribution in [-0.2, 0) is 9.53 Å². The van der Waals surface area contributed by atoms with Gasteiger partial charge in [-0.25, -0.2) is 0 Å². The second-order valence-electron chi connectivity index (χ2n) is 4.26. The molecule has 5 heteroatoms. The molecular formula is C13H17NO2S2. The molecule has 3 nitrogen and oxygen atoms in total. The summed E-state index contributed by atoms with van der Waals surface area (Å²) in [5.74, 6) is 2.00. The standard InChI is InChI=1S/C13H17NO2S2/c1-16-13(6-8-17-10-13)9-14-12(15)5-4-11-3-2-7-18-11/h2-5,7H,6,8-10H2,1H3,(H,14,15)/b5-4+/t13-/m0/s1. The van der Waals surface area contributed by atoms with E-state index in [-0.39, 0.29) is 11.5 Å². The van der Waals surface area contributed by atoms with Crippen LogP contribution in [0.3, 0.4) is 0 Å². The van der Waals surface area contributed by atoms with Gasteiger partial charge in [0.25, 0.3) is 0 Å². The van der Waals surface area contributed by atoms with Crippen LogP contribution < -0.4 is 5.32 Å². The van der Waals surface area contributed by atoms with Crippen LogP contribution in [0.2, 0.25) is 0 Å². The summed E-state index contributed by atoms with van der Waals surface area (Å²) >= 11 is 3.49. The normalized spacial score (nSPS) is 23.6. The Morgan fingerprint density at radius 2 is 2.56 bits per heavy atom. The Kier molecular flexibility index (Phi) is 4.86. The molecule has 1 aromatic rings. The van der Waals surface area contributed by atoms with Crippen molar-refractivity contribution >= 4 is 35.1 Å². The van der Waals surface area contributed by atoms with E-state index in [1.165, 1.54) is 0 Å². The molecule has 2 rings (SSSR count). The van der Waals surface area contributed by atoms with Crippen LogP contribution in [0, 0.1) is 0 Å². The van der Waals surface area contributed by atoms with Crippen molar-refractivity contribution in [2.75, 3.05) is 25.2 Å².